The zero-order valence-corrected chi connectivity index (χ0v) is 18.4. The topological polar surface area (TPSA) is 27.7 Å². The van der Waals surface area contributed by atoms with Crippen molar-refractivity contribution in [1.82, 2.24) is 0 Å². The monoisotopic (exact) mass is 510 g/mol. The third-order valence-corrected chi connectivity index (χ3v) is 5.04. The number of hydrogen-bond donors (Lipinski definition) is 0. The van der Waals surface area contributed by atoms with Crippen molar-refractivity contribution in [1.29, 1.82) is 0 Å². The lowest BCUT2D eigenvalue weighted by molar-refractivity contribution is 0.464. The molecule has 5 heteroatoms. The van der Waals surface area contributed by atoms with Gasteiger partial charge in [-0.3, -0.25) is 0 Å². The third kappa shape index (κ3) is 5.62. The number of ether oxygens (including phenoxy) is 3. The number of hydrogen-bond acceptors (Lipinski definition) is 3. The van der Waals surface area contributed by atoms with Crippen LogP contribution in [0.3, 0.4) is 0 Å². The number of halogens is 2. The van der Waals surface area contributed by atoms with Gasteiger partial charge in [0.2, 0.25) is 0 Å². The molecule has 4 aromatic rings. The molecule has 29 heavy (non-hydrogen) atoms. The van der Waals surface area contributed by atoms with E-state index in [0.717, 1.165) is 43.4 Å². The molecule has 0 heterocycles. The molecular weight excluding hydrogens is 496 g/mol. The minimum atomic E-state index is 0.731. The van der Waals surface area contributed by atoms with Crippen molar-refractivity contribution < 1.29 is 14.2 Å². The molecule has 0 fully saturated rings. The van der Waals surface area contributed by atoms with E-state index in [1.165, 1.54) is 0 Å². The van der Waals surface area contributed by atoms with Gasteiger partial charge in [0.05, 0.1) is 0 Å². The quantitative estimate of drug-likeness (QED) is 0.259. The van der Waals surface area contributed by atoms with Crippen LogP contribution in [0.25, 0.3) is 0 Å². The van der Waals surface area contributed by atoms with Gasteiger partial charge >= 0.3 is 0 Å². The molecule has 0 saturated heterocycles. The molecule has 0 radical (unpaired) electrons. The average molecular weight is 512 g/mol. The van der Waals surface area contributed by atoms with Crippen LogP contribution in [-0.2, 0) is 0 Å². The summed E-state index contributed by atoms with van der Waals surface area (Å²) in [5.74, 6) is 4.52. The molecule has 0 aliphatic carbocycles. The van der Waals surface area contributed by atoms with Crippen LogP contribution in [0.15, 0.2) is 106 Å². The predicted molar refractivity (Wildman–Crippen MR) is 121 cm³/mol. The predicted octanol–water partition coefficient (Wildman–Crippen LogP) is 8.59. The Balaban J connectivity index is 1.36. The first-order chi connectivity index (χ1) is 14.1. The van der Waals surface area contributed by atoms with Crippen LogP contribution in [0.1, 0.15) is 0 Å². The maximum absolute atomic E-state index is 5.90. The van der Waals surface area contributed by atoms with Crippen molar-refractivity contribution in [2.45, 2.75) is 0 Å². The van der Waals surface area contributed by atoms with E-state index < -0.39 is 0 Å². The summed E-state index contributed by atoms with van der Waals surface area (Å²) in [4.78, 5) is 0. The van der Waals surface area contributed by atoms with Gasteiger partial charge < -0.3 is 14.2 Å². The van der Waals surface area contributed by atoms with Gasteiger partial charge in [0.25, 0.3) is 0 Å². The van der Waals surface area contributed by atoms with E-state index in [-0.39, 0.29) is 0 Å². The molecule has 0 aliphatic rings. The summed E-state index contributed by atoms with van der Waals surface area (Å²) in [6, 6.07) is 30.4. The molecule has 0 amide bonds. The van der Waals surface area contributed by atoms with Crippen LogP contribution in [0.5, 0.6) is 34.5 Å². The van der Waals surface area contributed by atoms with Gasteiger partial charge in [-0.25, -0.2) is 0 Å². The van der Waals surface area contributed by atoms with Crippen molar-refractivity contribution in [3.63, 3.8) is 0 Å². The van der Waals surface area contributed by atoms with Crippen molar-refractivity contribution in [2.75, 3.05) is 0 Å². The Kier molecular flexibility index (Phi) is 6.17. The Morgan fingerprint density at radius 1 is 0.310 bits per heavy atom. The first-order valence-corrected chi connectivity index (χ1v) is 10.5. The Morgan fingerprint density at radius 3 is 0.690 bits per heavy atom. The maximum Gasteiger partial charge on any atom is 0.127 e. The molecule has 4 rings (SSSR count). The fourth-order valence-corrected chi connectivity index (χ4v) is 3.09. The van der Waals surface area contributed by atoms with Gasteiger partial charge in [-0.15, -0.1) is 0 Å². The lowest BCUT2D eigenvalue weighted by atomic mass is 10.3. The lowest BCUT2D eigenvalue weighted by Crippen LogP contribution is -1.87. The summed E-state index contributed by atoms with van der Waals surface area (Å²) < 4.78 is 19.6. The minimum Gasteiger partial charge on any atom is -0.457 e. The highest BCUT2D eigenvalue weighted by molar-refractivity contribution is 9.10. The molecule has 0 atom stereocenters. The molecule has 4 aromatic carbocycles. The molecule has 144 valence electrons. The molecule has 0 unspecified atom stereocenters. The summed E-state index contributed by atoms with van der Waals surface area (Å²) in [6.45, 7) is 0. The summed E-state index contributed by atoms with van der Waals surface area (Å²) in [7, 11) is 0. The zero-order chi connectivity index (χ0) is 20.1. The van der Waals surface area contributed by atoms with E-state index in [9.17, 15) is 0 Å². The van der Waals surface area contributed by atoms with Crippen molar-refractivity contribution >= 4 is 31.9 Å². The van der Waals surface area contributed by atoms with E-state index >= 15 is 0 Å². The Bertz CT molecular complexity index is 970. The second-order valence-corrected chi connectivity index (χ2v) is 7.99. The Labute approximate surface area is 186 Å². The molecule has 0 bridgehead atoms. The van der Waals surface area contributed by atoms with Crippen LogP contribution in [-0.4, -0.2) is 0 Å². The first-order valence-electron chi connectivity index (χ1n) is 8.89. The Morgan fingerprint density at radius 2 is 0.483 bits per heavy atom. The van der Waals surface area contributed by atoms with Crippen LogP contribution in [0.2, 0.25) is 0 Å². The second-order valence-electron chi connectivity index (χ2n) is 6.16. The molecule has 3 nitrogen and oxygen atoms in total. The minimum absolute atomic E-state index is 0.731. The van der Waals surface area contributed by atoms with E-state index in [1.54, 1.807) is 0 Å². The fraction of sp³-hybridized carbons (Fsp3) is 0. The standard InChI is InChI=1S/C24H16Br2O3/c25-17-1-5-19(6-2-17)27-21-9-13-23(14-10-21)29-24-15-11-22(12-16-24)28-20-7-3-18(26)4-8-20/h1-16H. The van der Waals surface area contributed by atoms with Crippen LogP contribution < -0.4 is 14.2 Å². The average Bonchev–Trinajstić information content (AvgIpc) is 2.74. The van der Waals surface area contributed by atoms with E-state index in [1.807, 2.05) is 97.1 Å². The molecule has 0 spiro atoms. The van der Waals surface area contributed by atoms with Crippen molar-refractivity contribution in [2.24, 2.45) is 0 Å². The van der Waals surface area contributed by atoms with Gasteiger partial charge in [0.1, 0.15) is 34.5 Å². The van der Waals surface area contributed by atoms with E-state index in [4.69, 9.17) is 14.2 Å². The Hall–Kier alpha value is -2.76. The number of benzene rings is 4. The van der Waals surface area contributed by atoms with Crippen LogP contribution in [0, 0.1) is 0 Å². The highest BCUT2D eigenvalue weighted by atomic mass is 79.9. The third-order valence-electron chi connectivity index (χ3n) is 3.98. The van der Waals surface area contributed by atoms with Crippen molar-refractivity contribution in [3.05, 3.63) is 106 Å². The maximum atomic E-state index is 5.90. The van der Waals surface area contributed by atoms with Gasteiger partial charge in [-0.1, -0.05) is 31.9 Å². The van der Waals surface area contributed by atoms with Crippen LogP contribution in [0.4, 0.5) is 0 Å². The highest BCUT2D eigenvalue weighted by Gasteiger charge is 2.02. The summed E-state index contributed by atoms with van der Waals surface area (Å²) >= 11 is 6.83. The molecule has 0 saturated carbocycles. The van der Waals surface area contributed by atoms with Gasteiger partial charge in [0, 0.05) is 8.95 Å². The normalized spacial score (nSPS) is 10.4. The van der Waals surface area contributed by atoms with Crippen molar-refractivity contribution in [3.8, 4) is 34.5 Å². The second kappa shape index (κ2) is 9.16. The largest absolute Gasteiger partial charge is 0.457 e. The fourth-order valence-electron chi connectivity index (χ4n) is 2.56. The number of rotatable bonds is 6. The highest BCUT2D eigenvalue weighted by Crippen LogP contribution is 2.29. The van der Waals surface area contributed by atoms with Gasteiger partial charge in [-0.2, -0.15) is 0 Å². The van der Waals surface area contributed by atoms with Gasteiger partial charge in [-0.05, 0) is 97.1 Å². The SMILES string of the molecule is Brc1ccc(Oc2ccc(Oc3ccc(Oc4ccc(Br)cc4)cc3)cc2)cc1. The van der Waals surface area contributed by atoms with E-state index in [0.29, 0.717) is 0 Å². The summed E-state index contributed by atoms with van der Waals surface area (Å²) in [5.41, 5.74) is 0. The molecule has 0 aliphatic heterocycles. The molecule has 0 N–H and O–H groups in total. The zero-order valence-electron chi connectivity index (χ0n) is 15.2. The van der Waals surface area contributed by atoms with E-state index in [2.05, 4.69) is 31.9 Å². The smallest absolute Gasteiger partial charge is 0.127 e. The summed E-state index contributed by atoms with van der Waals surface area (Å²) in [6.07, 6.45) is 0. The van der Waals surface area contributed by atoms with Gasteiger partial charge in [0.15, 0.2) is 0 Å². The lowest BCUT2D eigenvalue weighted by Gasteiger charge is -2.10. The molecular formula is C24H16Br2O3. The first kappa shape index (κ1) is 19.6. The van der Waals surface area contributed by atoms with Crippen LogP contribution >= 0.6 is 31.9 Å². The molecule has 0 aromatic heterocycles. The summed E-state index contributed by atoms with van der Waals surface area (Å²) in [5, 5.41) is 0.